The zero-order chi connectivity index (χ0) is 26.2. The number of esters is 1. The molecule has 1 atom stereocenters. The van der Waals surface area contributed by atoms with Gasteiger partial charge in [0.2, 0.25) is 0 Å². The molecule has 4 rings (SSSR count). The highest BCUT2D eigenvalue weighted by atomic mass is 35.5. The second kappa shape index (κ2) is 9.91. The molecule has 0 N–H and O–H groups in total. The average Bonchev–Trinajstić information content (AvgIpc) is 3.24. The van der Waals surface area contributed by atoms with Crippen molar-refractivity contribution in [3.63, 3.8) is 0 Å². The molecule has 6 nitrogen and oxygen atoms in total. The molecule has 2 heterocycles. The number of hydrogen-bond donors (Lipinski definition) is 0. The van der Waals surface area contributed by atoms with Gasteiger partial charge >= 0.3 is 5.97 Å². The maximum Gasteiger partial charge on any atom is 0.341 e. The molecule has 0 spiro atoms. The maximum absolute atomic E-state index is 13.7. The maximum atomic E-state index is 13.7. The summed E-state index contributed by atoms with van der Waals surface area (Å²) in [5.41, 5.74) is 2.12. The van der Waals surface area contributed by atoms with Crippen molar-refractivity contribution in [3.8, 4) is 11.1 Å². The molecule has 0 bridgehead atoms. The first kappa shape index (κ1) is 25.7. The van der Waals surface area contributed by atoms with Gasteiger partial charge in [0.15, 0.2) is 6.10 Å². The van der Waals surface area contributed by atoms with Gasteiger partial charge in [0, 0.05) is 35.8 Å². The summed E-state index contributed by atoms with van der Waals surface area (Å²) >= 11 is 6.16. The summed E-state index contributed by atoms with van der Waals surface area (Å²) in [4.78, 5) is 26.7. The molecule has 0 aliphatic rings. The van der Waals surface area contributed by atoms with Crippen LogP contribution >= 0.6 is 11.6 Å². The van der Waals surface area contributed by atoms with Crippen molar-refractivity contribution >= 4 is 28.5 Å². The molecule has 0 radical (unpaired) electrons. The lowest BCUT2D eigenvalue weighted by molar-refractivity contribution is -0.165. The Morgan fingerprint density at radius 3 is 2.28 bits per heavy atom. The molecule has 2 aromatic heterocycles. The van der Waals surface area contributed by atoms with Gasteiger partial charge in [-0.1, -0.05) is 35.9 Å². The van der Waals surface area contributed by atoms with Crippen molar-refractivity contribution in [2.75, 3.05) is 7.11 Å². The van der Waals surface area contributed by atoms with Gasteiger partial charge in [0.25, 0.3) is 5.56 Å². The van der Waals surface area contributed by atoms with Crippen LogP contribution in [0.2, 0.25) is 5.02 Å². The molecule has 0 amide bonds. The largest absolute Gasteiger partial charge is 0.467 e. The number of ether oxygens (including phenoxy) is 2. The van der Waals surface area contributed by atoms with Crippen LogP contribution in [-0.4, -0.2) is 27.8 Å². The predicted octanol–water partition coefficient (Wildman–Crippen LogP) is 5.88. The number of nitrogens with zero attached hydrogens (tertiary/aromatic N) is 2. The quantitative estimate of drug-likeness (QED) is 0.304. The third-order valence-electron chi connectivity index (χ3n) is 5.89. The van der Waals surface area contributed by atoms with Gasteiger partial charge < -0.3 is 18.6 Å². The molecular formula is C28H28ClFN2O4. The number of aromatic nitrogens is 2. The van der Waals surface area contributed by atoms with Crippen LogP contribution in [0.15, 0.2) is 65.6 Å². The SMILES string of the molecule is COC(=O)C(OC(C)(C)C)c1c(-c2ccc(Cl)cc2)c2ccn(Cc3ccc(F)cc3)c2c(=O)n1C. The van der Waals surface area contributed by atoms with Crippen molar-refractivity contribution in [3.05, 3.63) is 93.2 Å². The van der Waals surface area contributed by atoms with Crippen molar-refractivity contribution in [1.29, 1.82) is 0 Å². The summed E-state index contributed by atoms with van der Waals surface area (Å²) in [5.74, 6) is -0.936. The van der Waals surface area contributed by atoms with E-state index in [9.17, 15) is 14.0 Å². The van der Waals surface area contributed by atoms with E-state index >= 15 is 0 Å². The van der Waals surface area contributed by atoms with E-state index in [0.29, 0.717) is 33.7 Å². The standard InChI is InChI=1S/C28H28ClFN2O4/c1-28(2,3)36-25(27(34)35-5)24-22(18-8-10-19(29)11-9-18)21-14-15-32(23(21)26(33)31(24)4)16-17-6-12-20(30)13-7-17/h6-15,25H,16H2,1-5H3. The van der Waals surface area contributed by atoms with E-state index in [2.05, 4.69) is 0 Å². The number of hydrogen-bond acceptors (Lipinski definition) is 4. The first-order valence-electron chi connectivity index (χ1n) is 11.5. The average molecular weight is 511 g/mol. The topological polar surface area (TPSA) is 62.5 Å². The highest BCUT2D eigenvalue weighted by Gasteiger charge is 2.34. The zero-order valence-corrected chi connectivity index (χ0v) is 21.6. The number of carbonyl (C=O) groups excluding carboxylic acids is 1. The van der Waals surface area contributed by atoms with Gasteiger partial charge in [-0.15, -0.1) is 0 Å². The van der Waals surface area contributed by atoms with Crippen molar-refractivity contribution in [2.45, 2.75) is 39.0 Å². The molecule has 36 heavy (non-hydrogen) atoms. The molecule has 1 unspecified atom stereocenters. The number of benzene rings is 2. The summed E-state index contributed by atoms with van der Waals surface area (Å²) in [6.07, 6.45) is 0.666. The van der Waals surface area contributed by atoms with Crippen LogP contribution < -0.4 is 5.56 Å². The number of rotatable bonds is 6. The van der Waals surface area contributed by atoms with Gasteiger partial charge in [0.1, 0.15) is 11.3 Å². The van der Waals surface area contributed by atoms with E-state index in [-0.39, 0.29) is 11.4 Å². The van der Waals surface area contributed by atoms with Crippen LogP contribution in [0.1, 0.15) is 38.1 Å². The van der Waals surface area contributed by atoms with E-state index in [1.807, 2.05) is 49.7 Å². The van der Waals surface area contributed by atoms with E-state index in [0.717, 1.165) is 11.1 Å². The fourth-order valence-corrected chi connectivity index (χ4v) is 4.43. The lowest BCUT2D eigenvalue weighted by Crippen LogP contribution is -2.33. The van der Waals surface area contributed by atoms with Gasteiger partial charge in [-0.05, 0) is 62.2 Å². The Morgan fingerprint density at radius 1 is 1.06 bits per heavy atom. The molecule has 0 saturated heterocycles. The van der Waals surface area contributed by atoms with Gasteiger partial charge in [0.05, 0.1) is 18.4 Å². The molecule has 0 aliphatic heterocycles. The number of carbonyl (C=O) groups is 1. The molecule has 0 aliphatic carbocycles. The van der Waals surface area contributed by atoms with Crippen LogP contribution in [0.3, 0.4) is 0 Å². The minimum Gasteiger partial charge on any atom is -0.467 e. The Bertz CT molecular complexity index is 1470. The lowest BCUT2D eigenvalue weighted by atomic mass is 9.96. The Balaban J connectivity index is 2.03. The summed E-state index contributed by atoms with van der Waals surface area (Å²) in [5, 5.41) is 1.22. The van der Waals surface area contributed by atoms with Crippen LogP contribution in [0, 0.1) is 5.82 Å². The fraction of sp³-hybridized carbons (Fsp3) is 0.286. The predicted molar refractivity (Wildman–Crippen MR) is 139 cm³/mol. The smallest absolute Gasteiger partial charge is 0.341 e. The van der Waals surface area contributed by atoms with Crippen LogP contribution in [-0.2, 0) is 27.9 Å². The number of pyridine rings is 1. The Morgan fingerprint density at radius 2 is 1.69 bits per heavy atom. The highest BCUT2D eigenvalue weighted by molar-refractivity contribution is 6.30. The third kappa shape index (κ3) is 5.08. The molecule has 0 fully saturated rings. The Labute approximate surface area is 213 Å². The normalized spacial score (nSPS) is 12.6. The summed E-state index contributed by atoms with van der Waals surface area (Å²) in [6, 6.07) is 15.2. The molecule has 4 aromatic rings. The van der Waals surface area contributed by atoms with Crippen LogP contribution in [0.25, 0.3) is 22.0 Å². The molecule has 2 aromatic carbocycles. The lowest BCUT2D eigenvalue weighted by Gasteiger charge is -2.29. The second-order valence-corrected chi connectivity index (χ2v) is 10.0. The van der Waals surface area contributed by atoms with Gasteiger partial charge in [-0.3, -0.25) is 4.79 Å². The summed E-state index contributed by atoms with van der Waals surface area (Å²) < 4.78 is 27.9. The number of methoxy groups -OCH3 is 1. The minimum absolute atomic E-state index is 0.295. The molecule has 188 valence electrons. The molecular weight excluding hydrogens is 483 g/mol. The minimum atomic E-state index is -1.15. The molecule has 0 saturated carbocycles. The van der Waals surface area contributed by atoms with E-state index in [1.165, 1.54) is 23.8 Å². The summed E-state index contributed by atoms with van der Waals surface area (Å²) in [7, 11) is 2.91. The highest BCUT2D eigenvalue weighted by Crippen LogP contribution is 2.38. The van der Waals surface area contributed by atoms with Crippen molar-refractivity contribution < 1.29 is 18.7 Å². The van der Waals surface area contributed by atoms with E-state index in [1.54, 1.807) is 31.3 Å². The molecule has 8 heteroatoms. The van der Waals surface area contributed by atoms with Gasteiger partial charge in [-0.2, -0.15) is 0 Å². The zero-order valence-electron chi connectivity index (χ0n) is 20.8. The Hall–Kier alpha value is -3.42. The second-order valence-electron chi connectivity index (χ2n) is 9.60. The number of halogens is 2. The van der Waals surface area contributed by atoms with Gasteiger partial charge in [-0.25, -0.2) is 9.18 Å². The van der Waals surface area contributed by atoms with Crippen LogP contribution in [0.4, 0.5) is 4.39 Å². The van der Waals surface area contributed by atoms with Crippen molar-refractivity contribution in [2.24, 2.45) is 7.05 Å². The fourth-order valence-electron chi connectivity index (χ4n) is 4.31. The summed E-state index contributed by atoms with van der Waals surface area (Å²) in [6.45, 7) is 5.87. The first-order valence-corrected chi connectivity index (χ1v) is 11.9. The van der Waals surface area contributed by atoms with Crippen molar-refractivity contribution in [1.82, 2.24) is 9.13 Å². The Kier molecular flexibility index (Phi) is 7.07. The van der Waals surface area contributed by atoms with Crippen LogP contribution in [0.5, 0.6) is 0 Å². The monoisotopic (exact) mass is 510 g/mol. The van der Waals surface area contributed by atoms with E-state index in [4.69, 9.17) is 21.1 Å². The van der Waals surface area contributed by atoms with E-state index < -0.39 is 17.7 Å². The third-order valence-corrected chi connectivity index (χ3v) is 6.14. The first-order chi connectivity index (χ1) is 17.0. The number of fused-ring (bicyclic) bond motifs is 1.